The summed E-state index contributed by atoms with van der Waals surface area (Å²) in [6.45, 7) is 7.62. The van der Waals surface area contributed by atoms with Gasteiger partial charge in [-0.15, -0.1) is 0 Å². The number of hydrogen-bond acceptors (Lipinski definition) is 1. The summed E-state index contributed by atoms with van der Waals surface area (Å²) in [4.78, 5) is 0. The van der Waals surface area contributed by atoms with E-state index in [1.165, 1.54) is 64.2 Å². The minimum Gasteiger partial charge on any atom is -0.310 e. The molecule has 1 nitrogen and oxygen atoms in total. The van der Waals surface area contributed by atoms with Crippen LogP contribution in [0.15, 0.2) is 0 Å². The summed E-state index contributed by atoms with van der Waals surface area (Å²) in [5.41, 5.74) is 1.12. The Kier molecular flexibility index (Phi) is 3.71. The van der Waals surface area contributed by atoms with Crippen molar-refractivity contribution in [3.8, 4) is 0 Å². The monoisotopic (exact) mass is 263 g/mol. The number of fused-ring (bicyclic) bond motifs is 2. The van der Waals surface area contributed by atoms with Crippen LogP contribution in [0.3, 0.4) is 0 Å². The molecule has 0 aliphatic heterocycles. The van der Waals surface area contributed by atoms with Gasteiger partial charge in [0, 0.05) is 12.1 Å². The van der Waals surface area contributed by atoms with Gasteiger partial charge in [-0.3, -0.25) is 0 Å². The van der Waals surface area contributed by atoms with E-state index in [-0.39, 0.29) is 0 Å². The van der Waals surface area contributed by atoms with E-state index in [1.54, 1.807) is 0 Å². The van der Waals surface area contributed by atoms with Crippen molar-refractivity contribution in [3.05, 3.63) is 0 Å². The Morgan fingerprint density at radius 3 is 2.05 bits per heavy atom. The molecule has 0 aromatic heterocycles. The molecule has 0 aromatic carbocycles. The van der Waals surface area contributed by atoms with Crippen LogP contribution in [-0.2, 0) is 0 Å². The molecule has 1 N–H and O–H groups in total. The predicted octanol–water partition coefficient (Wildman–Crippen LogP) is 4.90. The number of nitrogens with one attached hydrogen (secondary N) is 1. The van der Waals surface area contributed by atoms with Crippen LogP contribution in [0, 0.1) is 16.7 Å². The van der Waals surface area contributed by atoms with Gasteiger partial charge < -0.3 is 5.32 Å². The molecule has 3 aliphatic carbocycles. The third kappa shape index (κ3) is 2.48. The Labute approximate surface area is 119 Å². The van der Waals surface area contributed by atoms with Gasteiger partial charge in [-0.05, 0) is 48.9 Å². The fourth-order valence-corrected chi connectivity index (χ4v) is 5.58. The van der Waals surface area contributed by atoms with Gasteiger partial charge in [0.25, 0.3) is 0 Å². The second-order valence-corrected chi connectivity index (χ2v) is 8.56. The van der Waals surface area contributed by atoms with Gasteiger partial charge in [0.2, 0.25) is 0 Å². The number of hydrogen-bond donors (Lipinski definition) is 1. The molecule has 3 atom stereocenters. The van der Waals surface area contributed by atoms with Gasteiger partial charge in [-0.25, -0.2) is 0 Å². The smallest absolute Gasteiger partial charge is 0.0177 e. The summed E-state index contributed by atoms with van der Waals surface area (Å²) in [7, 11) is 0. The molecule has 110 valence electrons. The fourth-order valence-electron chi connectivity index (χ4n) is 5.58. The van der Waals surface area contributed by atoms with E-state index in [9.17, 15) is 0 Å². The average molecular weight is 263 g/mol. The second kappa shape index (κ2) is 5.06. The maximum absolute atomic E-state index is 4.15. The lowest BCUT2D eigenvalue weighted by Gasteiger charge is -2.45. The van der Waals surface area contributed by atoms with Gasteiger partial charge in [0.05, 0.1) is 0 Å². The van der Waals surface area contributed by atoms with Crippen LogP contribution in [0.2, 0.25) is 0 Å². The van der Waals surface area contributed by atoms with Crippen LogP contribution in [-0.4, -0.2) is 12.1 Å². The van der Waals surface area contributed by atoms with Crippen molar-refractivity contribution in [3.63, 3.8) is 0 Å². The fraction of sp³-hybridized carbons (Fsp3) is 1.00. The molecule has 1 unspecified atom stereocenters. The van der Waals surface area contributed by atoms with Crippen LogP contribution in [0.1, 0.15) is 85.0 Å². The van der Waals surface area contributed by atoms with Gasteiger partial charge >= 0.3 is 0 Å². The third-order valence-corrected chi connectivity index (χ3v) is 6.78. The molecular formula is C18H33N. The van der Waals surface area contributed by atoms with Crippen LogP contribution in [0.25, 0.3) is 0 Å². The molecule has 19 heavy (non-hydrogen) atoms. The summed E-state index contributed by atoms with van der Waals surface area (Å²) >= 11 is 0. The Bertz CT molecular complexity index is 309. The molecule has 3 fully saturated rings. The topological polar surface area (TPSA) is 12.0 Å². The van der Waals surface area contributed by atoms with Crippen molar-refractivity contribution in [2.24, 2.45) is 16.7 Å². The maximum atomic E-state index is 4.15. The summed E-state index contributed by atoms with van der Waals surface area (Å²) in [5.74, 6) is 0.976. The van der Waals surface area contributed by atoms with Crippen molar-refractivity contribution >= 4 is 0 Å². The zero-order valence-electron chi connectivity index (χ0n) is 13.3. The average Bonchev–Trinajstić information content (AvgIpc) is 2.77. The molecule has 0 aromatic rings. The first-order chi connectivity index (χ1) is 9.02. The summed E-state index contributed by atoms with van der Waals surface area (Å²) in [6.07, 6.45) is 14.6. The molecule has 0 saturated heterocycles. The van der Waals surface area contributed by atoms with E-state index in [2.05, 4.69) is 26.1 Å². The highest BCUT2D eigenvalue weighted by Gasteiger charge is 2.59. The second-order valence-electron chi connectivity index (χ2n) is 8.56. The van der Waals surface area contributed by atoms with E-state index in [1.807, 2.05) is 0 Å². The van der Waals surface area contributed by atoms with Crippen molar-refractivity contribution in [1.29, 1.82) is 0 Å². The molecular weight excluding hydrogens is 230 g/mol. The minimum atomic E-state index is 0.523. The highest BCUT2D eigenvalue weighted by molar-refractivity contribution is 5.12. The van der Waals surface area contributed by atoms with Crippen LogP contribution in [0.4, 0.5) is 0 Å². The van der Waals surface area contributed by atoms with Crippen molar-refractivity contribution in [2.75, 3.05) is 0 Å². The molecule has 0 heterocycles. The first kappa shape index (κ1) is 13.9. The standard InChI is InChI=1S/C18H33N/c1-17(2)14-11-12-18(3,13-14)16(17)19-15-9-7-5-4-6-8-10-15/h14-16,19H,4-13H2,1-3H3/t14-,16?,18+/m0/s1. The number of rotatable bonds is 2. The lowest BCUT2D eigenvalue weighted by Crippen LogP contribution is -2.53. The molecule has 3 aliphatic rings. The Hall–Kier alpha value is -0.0400. The molecule has 2 bridgehead atoms. The molecule has 0 radical (unpaired) electrons. The highest BCUT2D eigenvalue weighted by atomic mass is 15.0. The Morgan fingerprint density at radius 1 is 0.842 bits per heavy atom. The largest absolute Gasteiger partial charge is 0.310 e. The van der Waals surface area contributed by atoms with Gasteiger partial charge in [0.15, 0.2) is 0 Å². The summed E-state index contributed by atoms with van der Waals surface area (Å²) < 4.78 is 0. The van der Waals surface area contributed by atoms with E-state index in [4.69, 9.17) is 0 Å². The van der Waals surface area contributed by atoms with E-state index < -0.39 is 0 Å². The summed E-state index contributed by atoms with van der Waals surface area (Å²) in [5, 5.41) is 4.15. The van der Waals surface area contributed by atoms with Crippen molar-refractivity contribution in [2.45, 2.75) is 97.1 Å². The molecule has 3 rings (SSSR count). The Balaban J connectivity index is 1.67. The zero-order chi connectivity index (χ0) is 13.5. The Morgan fingerprint density at radius 2 is 1.47 bits per heavy atom. The lowest BCUT2D eigenvalue weighted by atomic mass is 9.68. The van der Waals surface area contributed by atoms with E-state index in [0.29, 0.717) is 10.8 Å². The van der Waals surface area contributed by atoms with Crippen molar-refractivity contribution in [1.82, 2.24) is 5.32 Å². The first-order valence-corrected chi connectivity index (χ1v) is 8.78. The van der Waals surface area contributed by atoms with Crippen molar-refractivity contribution < 1.29 is 0 Å². The lowest BCUT2D eigenvalue weighted by molar-refractivity contribution is 0.0941. The van der Waals surface area contributed by atoms with Crippen LogP contribution < -0.4 is 5.32 Å². The molecule has 0 spiro atoms. The van der Waals surface area contributed by atoms with Crippen LogP contribution in [0.5, 0.6) is 0 Å². The molecule has 1 heteroatoms. The normalized spacial score (nSPS) is 43.1. The van der Waals surface area contributed by atoms with Gasteiger partial charge in [-0.1, -0.05) is 52.9 Å². The third-order valence-electron chi connectivity index (χ3n) is 6.78. The quantitative estimate of drug-likeness (QED) is 0.747. The highest BCUT2D eigenvalue weighted by Crippen LogP contribution is 2.62. The minimum absolute atomic E-state index is 0.523. The molecule has 3 saturated carbocycles. The maximum Gasteiger partial charge on any atom is 0.0177 e. The van der Waals surface area contributed by atoms with E-state index in [0.717, 1.165) is 18.0 Å². The first-order valence-electron chi connectivity index (χ1n) is 8.78. The van der Waals surface area contributed by atoms with Crippen LogP contribution >= 0.6 is 0 Å². The summed E-state index contributed by atoms with van der Waals surface area (Å²) in [6, 6.07) is 1.57. The SMILES string of the molecule is CC1(C)C(NC2CCCCCCC2)[C@]2(C)CC[C@H]1C2. The zero-order valence-corrected chi connectivity index (χ0v) is 13.3. The van der Waals surface area contributed by atoms with E-state index >= 15 is 0 Å². The predicted molar refractivity (Wildman–Crippen MR) is 82.3 cm³/mol. The van der Waals surface area contributed by atoms with Gasteiger partial charge in [-0.2, -0.15) is 0 Å². The molecule has 0 amide bonds. The van der Waals surface area contributed by atoms with Gasteiger partial charge in [0.1, 0.15) is 0 Å².